The fraction of sp³-hybridized carbons (Fsp3) is 0.263. The van der Waals surface area contributed by atoms with Crippen LogP contribution in [0.3, 0.4) is 0 Å². The number of carbonyl (C=O) groups is 2. The van der Waals surface area contributed by atoms with Gasteiger partial charge in [0.05, 0.1) is 13.2 Å². The van der Waals surface area contributed by atoms with E-state index in [-0.39, 0.29) is 17.6 Å². The molecule has 0 radical (unpaired) electrons. The minimum Gasteiger partial charge on any atom is -0.497 e. The number of halogens is 1. The molecule has 0 spiro atoms. The van der Waals surface area contributed by atoms with Gasteiger partial charge in [-0.05, 0) is 48.4 Å². The average molecular weight is 346 g/mol. The lowest BCUT2D eigenvalue weighted by molar-refractivity contribution is 0.0831. The summed E-state index contributed by atoms with van der Waals surface area (Å²) in [6.07, 6.45) is 0. The van der Waals surface area contributed by atoms with Crippen molar-refractivity contribution in [1.82, 2.24) is 5.32 Å². The Morgan fingerprint density at radius 3 is 2.29 bits per heavy atom. The van der Waals surface area contributed by atoms with Gasteiger partial charge in [0.25, 0.3) is 5.91 Å². The molecule has 4 nitrogen and oxygen atoms in total. The van der Waals surface area contributed by atoms with Crippen molar-refractivity contribution in [1.29, 1.82) is 0 Å². The van der Waals surface area contributed by atoms with Crippen LogP contribution in [0.25, 0.3) is 0 Å². The third-order valence-electron chi connectivity index (χ3n) is 3.70. The zero-order valence-corrected chi connectivity index (χ0v) is 14.6. The third kappa shape index (κ3) is 4.36. The minimum absolute atomic E-state index is 0.0530. The molecule has 1 N–H and O–H groups in total. The normalized spacial score (nSPS) is 11.9. The summed E-state index contributed by atoms with van der Waals surface area (Å²) in [5.41, 5.74) is 0.966. The van der Waals surface area contributed by atoms with Crippen molar-refractivity contribution in [2.45, 2.75) is 19.9 Å². The molecular formula is C19H20ClNO3. The molecule has 0 aliphatic carbocycles. The van der Waals surface area contributed by atoms with E-state index in [2.05, 4.69) is 5.32 Å². The van der Waals surface area contributed by atoms with Crippen molar-refractivity contribution in [2.75, 3.05) is 7.11 Å². The first-order valence-electron chi connectivity index (χ1n) is 7.67. The Kier molecular flexibility index (Phi) is 5.99. The smallest absolute Gasteiger partial charge is 0.252 e. The van der Waals surface area contributed by atoms with Crippen molar-refractivity contribution < 1.29 is 14.3 Å². The van der Waals surface area contributed by atoms with E-state index in [1.54, 1.807) is 48.5 Å². The summed E-state index contributed by atoms with van der Waals surface area (Å²) in [7, 11) is 1.54. The second kappa shape index (κ2) is 7.97. The predicted octanol–water partition coefficient (Wildman–Crippen LogP) is 3.99. The number of hydrogen-bond donors (Lipinski definition) is 1. The summed E-state index contributed by atoms with van der Waals surface area (Å²) < 4.78 is 5.13. The Morgan fingerprint density at radius 2 is 1.71 bits per heavy atom. The van der Waals surface area contributed by atoms with E-state index < -0.39 is 6.04 Å². The van der Waals surface area contributed by atoms with Crippen molar-refractivity contribution in [2.24, 2.45) is 5.92 Å². The first kappa shape index (κ1) is 18.0. The van der Waals surface area contributed by atoms with Gasteiger partial charge in [0.1, 0.15) is 5.75 Å². The Hall–Kier alpha value is -2.33. The molecule has 24 heavy (non-hydrogen) atoms. The van der Waals surface area contributed by atoms with E-state index in [4.69, 9.17) is 16.3 Å². The van der Waals surface area contributed by atoms with Crippen LogP contribution < -0.4 is 10.1 Å². The molecule has 1 unspecified atom stereocenters. The number of amides is 1. The van der Waals surface area contributed by atoms with Gasteiger partial charge < -0.3 is 10.1 Å². The monoisotopic (exact) mass is 345 g/mol. The van der Waals surface area contributed by atoms with Crippen LogP contribution >= 0.6 is 11.6 Å². The SMILES string of the molecule is COc1cccc(C(=O)NC(C(=O)c2ccc(Cl)cc2)C(C)C)c1. The maximum absolute atomic E-state index is 12.7. The molecule has 1 atom stereocenters. The summed E-state index contributed by atoms with van der Waals surface area (Å²) in [6.45, 7) is 3.79. The number of rotatable bonds is 6. The highest BCUT2D eigenvalue weighted by atomic mass is 35.5. The average Bonchev–Trinajstić information content (AvgIpc) is 2.59. The summed E-state index contributed by atoms with van der Waals surface area (Å²) in [5, 5.41) is 3.38. The molecule has 0 saturated carbocycles. The van der Waals surface area contributed by atoms with E-state index in [0.717, 1.165) is 0 Å². The van der Waals surface area contributed by atoms with Crippen molar-refractivity contribution in [3.05, 3.63) is 64.7 Å². The van der Waals surface area contributed by atoms with Crippen LogP contribution in [-0.2, 0) is 0 Å². The Bertz CT molecular complexity index is 726. The van der Waals surface area contributed by atoms with Crippen molar-refractivity contribution >= 4 is 23.3 Å². The van der Waals surface area contributed by atoms with Crippen LogP contribution in [0.5, 0.6) is 5.75 Å². The minimum atomic E-state index is -0.620. The second-order valence-corrected chi connectivity index (χ2v) is 6.23. The predicted molar refractivity (Wildman–Crippen MR) is 94.9 cm³/mol. The third-order valence-corrected chi connectivity index (χ3v) is 3.95. The molecule has 0 fully saturated rings. The van der Waals surface area contributed by atoms with E-state index in [9.17, 15) is 9.59 Å². The van der Waals surface area contributed by atoms with E-state index in [1.807, 2.05) is 13.8 Å². The summed E-state index contributed by atoms with van der Waals surface area (Å²) in [6, 6.07) is 12.8. The molecule has 0 aliphatic heterocycles. The van der Waals surface area contributed by atoms with Gasteiger partial charge in [-0.2, -0.15) is 0 Å². The number of ether oxygens (including phenoxy) is 1. The number of carbonyl (C=O) groups excluding carboxylic acids is 2. The molecule has 2 aromatic rings. The molecule has 0 aliphatic rings. The van der Waals surface area contributed by atoms with Crippen LogP contribution in [-0.4, -0.2) is 24.8 Å². The van der Waals surface area contributed by atoms with E-state index in [0.29, 0.717) is 21.9 Å². The standard InChI is InChI=1S/C19H20ClNO3/c1-12(2)17(18(22)13-7-9-15(20)10-8-13)21-19(23)14-5-4-6-16(11-14)24-3/h4-12,17H,1-3H3,(H,21,23). The highest BCUT2D eigenvalue weighted by Gasteiger charge is 2.25. The number of benzene rings is 2. The maximum Gasteiger partial charge on any atom is 0.252 e. The lowest BCUT2D eigenvalue weighted by Crippen LogP contribution is -2.44. The zero-order valence-electron chi connectivity index (χ0n) is 13.9. The first-order valence-corrected chi connectivity index (χ1v) is 8.05. The Balaban J connectivity index is 2.20. The number of ketones is 1. The summed E-state index contributed by atoms with van der Waals surface area (Å²) in [5.74, 6) is 0.0864. The zero-order chi connectivity index (χ0) is 17.7. The van der Waals surface area contributed by atoms with Crippen molar-refractivity contribution in [3.8, 4) is 5.75 Å². The molecule has 2 rings (SSSR count). The van der Waals surface area contributed by atoms with Gasteiger partial charge in [-0.1, -0.05) is 31.5 Å². The fourth-order valence-electron chi connectivity index (χ4n) is 2.32. The maximum atomic E-state index is 12.7. The van der Waals surface area contributed by atoms with Crippen LogP contribution in [0.15, 0.2) is 48.5 Å². The molecule has 0 aromatic heterocycles. The number of methoxy groups -OCH3 is 1. The van der Waals surface area contributed by atoms with Gasteiger partial charge >= 0.3 is 0 Å². The van der Waals surface area contributed by atoms with Crippen LogP contribution in [0.4, 0.5) is 0 Å². The molecule has 0 saturated heterocycles. The summed E-state index contributed by atoms with van der Waals surface area (Å²) >= 11 is 5.86. The number of Topliss-reactive ketones (excluding diaryl/α,β-unsaturated/α-hetero) is 1. The van der Waals surface area contributed by atoms with E-state index in [1.165, 1.54) is 7.11 Å². The first-order chi connectivity index (χ1) is 11.4. The molecule has 126 valence electrons. The molecule has 0 bridgehead atoms. The van der Waals surface area contributed by atoms with Crippen LogP contribution in [0, 0.1) is 5.92 Å². The lowest BCUT2D eigenvalue weighted by atomic mass is 9.94. The van der Waals surface area contributed by atoms with Gasteiger partial charge in [0.2, 0.25) is 0 Å². The molecular weight excluding hydrogens is 326 g/mol. The molecule has 2 aromatic carbocycles. The Labute approximate surface area is 146 Å². The van der Waals surface area contributed by atoms with Gasteiger partial charge in [-0.15, -0.1) is 0 Å². The van der Waals surface area contributed by atoms with E-state index >= 15 is 0 Å². The van der Waals surface area contributed by atoms with Gasteiger partial charge in [0.15, 0.2) is 5.78 Å². The second-order valence-electron chi connectivity index (χ2n) is 5.80. The van der Waals surface area contributed by atoms with Crippen LogP contribution in [0.1, 0.15) is 34.6 Å². The quantitative estimate of drug-likeness (QED) is 0.805. The molecule has 0 heterocycles. The molecule has 5 heteroatoms. The number of hydrogen-bond acceptors (Lipinski definition) is 3. The van der Waals surface area contributed by atoms with Gasteiger partial charge in [0, 0.05) is 16.1 Å². The van der Waals surface area contributed by atoms with Crippen molar-refractivity contribution in [3.63, 3.8) is 0 Å². The van der Waals surface area contributed by atoms with Crippen LogP contribution in [0.2, 0.25) is 5.02 Å². The molecule has 1 amide bonds. The summed E-state index contributed by atoms with van der Waals surface area (Å²) in [4.78, 5) is 25.2. The fourth-order valence-corrected chi connectivity index (χ4v) is 2.44. The van der Waals surface area contributed by atoms with Gasteiger partial charge in [-0.25, -0.2) is 0 Å². The highest BCUT2D eigenvalue weighted by molar-refractivity contribution is 6.30. The topological polar surface area (TPSA) is 55.4 Å². The highest BCUT2D eigenvalue weighted by Crippen LogP contribution is 2.16. The largest absolute Gasteiger partial charge is 0.497 e. The Morgan fingerprint density at radius 1 is 1.04 bits per heavy atom. The number of nitrogens with one attached hydrogen (secondary N) is 1. The van der Waals surface area contributed by atoms with Gasteiger partial charge in [-0.3, -0.25) is 9.59 Å². The lowest BCUT2D eigenvalue weighted by Gasteiger charge is -2.21.